The van der Waals surface area contributed by atoms with E-state index >= 15 is 0 Å². The summed E-state index contributed by atoms with van der Waals surface area (Å²) >= 11 is 12.5. The van der Waals surface area contributed by atoms with Crippen molar-refractivity contribution < 1.29 is 22.2 Å². The van der Waals surface area contributed by atoms with Crippen molar-refractivity contribution in [2.24, 2.45) is 11.0 Å². The van der Waals surface area contributed by atoms with Gasteiger partial charge in [0.25, 0.3) is 5.91 Å². The maximum absolute atomic E-state index is 13.6. The van der Waals surface area contributed by atoms with Crippen molar-refractivity contribution in [2.45, 2.75) is 38.3 Å². The molecule has 2 aliphatic rings. The normalized spacial score (nSPS) is 17.6. The zero-order valence-corrected chi connectivity index (χ0v) is 23.4. The number of benzene rings is 1. The van der Waals surface area contributed by atoms with Crippen molar-refractivity contribution in [1.29, 1.82) is 0 Å². The van der Waals surface area contributed by atoms with Gasteiger partial charge in [-0.1, -0.05) is 23.2 Å². The van der Waals surface area contributed by atoms with Crippen LogP contribution in [-0.2, 0) is 14.9 Å². The molecule has 2 aromatic heterocycles. The number of nitrogens with zero attached hydrogens (tertiary/aromatic N) is 4. The van der Waals surface area contributed by atoms with Gasteiger partial charge in [0.15, 0.2) is 16.6 Å². The maximum atomic E-state index is 13.6. The van der Waals surface area contributed by atoms with Crippen molar-refractivity contribution in [3.05, 3.63) is 76.7 Å². The minimum atomic E-state index is -4.41. The summed E-state index contributed by atoms with van der Waals surface area (Å²) in [4.78, 5) is 34.7. The maximum Gasteiger partial charge on any atom is 0.354 e. The van der Waals surface area contributed by atoms with Crippen LogP contribution in [0.15, 0.2) is 66.2 Å². The van der Waals surface area contributed by atoms with E-state index in [9.17, 15) is 18.0 Å². The Kier molecular flexibility index (Phi) is 7.92. The predicted octanol–water partition coefficient (Wildman–Crippen LogP) is 4.25. The Bertz CT molecular complexity index is 1580. The number of hydrazone groups is 1. The van der Waals surface area contributed by atoms with E-state index in [0.717, 1.165) is 17.9 Å². The number of carbonyl (C=O) groups is 2. The summed E-state index contributed by atoms with van der Waals surface area (Å²) in [5.74, 6) is -0.565. The lowest BCUT2D eigenvalue weighted by atomic mass is 10.1. The van der Waals surface area contributed by atoms with Gasteiger partial charge < -0.3 is 14.8 Å². The summed E-state index contributed by atoms with van der Waals surface area (Å²) < 4.78 is 31.3. The second-order valence-corrected chi connectivity index (χ2v) is 11.8. The highest BCUT2D eigenvalue weighted by molar-refractivity contribution is 8.02. The van der Waals surface area contributed by atoms with Crippen molar-refractivity contribution in [3.63, 3.8) is 0 Å². The van der Waals surface area contributed by atoms with E-state index < -0.39 is 33.0 Å². The Balaban J connectivity index is 1.42. The Hall–Kier alpha value is -3.74. The second-order valence-electron chi connectivity index (χ2n) is 9.37. The second kappa shape index (κ2) is 11.4. The molecule has 2 atom stereocenters. The third kappa shape index (κ3) is 6.19. The van der Waals surface area contributed by atoms with Crippen LogP contribution in [-0.4, -0.2) is 47.3 Å². The summed E-state index contributed by atoms with van der Waals surface area (Å²) in [6, 6.07) is 9.35. The minimum Gasteiger partial charge on any atom is -0.376 e. The lowest BCUT2D eigenvalue weighted by Gasteiger charge is -2.23. The van der Waals surface area contributed by atoms with Gasteiger partial charge in [0.1, 0.15) is 6.04 Å². The van der Waals surface area contributed by atoms with Crippen molar-refractivity contribution in [2.75, 3.05) is 10.3 Å². The van der Waals surface area contributed by atoms with Crippen LogP contribution in [0.5, 0.6) is 5.75 Å². The van der Waals surface area contributed by atoms with E-state index in [0.29, 0.717) is 10.9 Å². The van der Waals surface area contributed by atoms with Crippen LogP contribution in [0.25, 0.3) is 0 Å². The summed E-state index contributed by atoms with van der Waals surface area (Å²) in [5, 5.41) is 11.0. The molecule has 3 aromatic rings. The summed E-state index contributed by atoms with van der Waals surface area (Å²) in [6.07, 6.45) is 5.88. The van der Waals surface area contributed by atoms with Crippen LogP contribution in [0.3, 0.4) is 0 Å². The fourth-order valence-electron chi connectivity index (χ4n) is 4.18. The molecule has 2 unspecified atom stereocenters. The molecule has 11 nitrogen and oxygen atoms in total. The van der Waals surface area contributed by atoms with Crippen LogP contribution in [0.4, 0.5) is 11.5 Å². The third-order valence-corrected chi connectivity index (χ3v) is 8.21. The highest BCUT2D eigenvalue weighted by Gasteiger charge is 2.41. The first-order chi connectivity index (χ1) is 19.1. The topological polar surface area (TPSA) is 143 Å². The molecule has 1 aromatic carbocycles. The molecular formula is C26H24Cl2N6O5S. The van der Waals surface area contributed by atoms with Gasteiger partial charge in [0, 0.05) is 29.9 Å². The summed E-state index contributed by atoms with van der Waals surface area (Å²) in [6.45, 7) is 1.93. The monoisotopic (exact) mass is 602 g/mol. The van der Waals surface area contributed by atoms with Crippen LogP contribution < -0.4 is 19.8 Å². The molecule has 208 valence electrons. The minimum absolute atomic E-state index is 0.0160. The van der Waals surface area contributed by atoms with Crippen molar-refractivity contribution in [1.82, 2.24) is 15.3 Å². The van der Waals surface area contributed by atoms with Crippen LogP contribution in [0, 0.1) is 5.92 Å². The van der Waals surface area contributed by atoms with Gasteiger partial charge in [-0.25, -0.2) is 9.99 Å². The number of halogens is 2. The molecule has 2 N–H and O–H groups in total. The molecule has 1 fully saturated rings. The van der Waals surface area contributed by atoms with Crippen molar-refractivity contribution >= 4 is 61.7 Å². The lowest BCUT2D eigenvalue weighted by molar-refractivity contribution is -0.117. The number of amides is 2. The van der Waals surface area contributed by atoms with Crippen molar-refractivity contribution in [3.8, 4) is 5.75 Å². The van der Waals surface area contributed by atoms with E-state index in [4.69, 9.17) is 27.4 Å². The SMILES string of the molecule is CC(NC(=O)c1cc(Cl)ccc1NC(=O)C1CC(S(=O)(=O)Oc2cccnc2)=NN1c1ncccc1Cl)C1CC1. The lowest BCUT2D eigenvalue weighted by Crippen LogP contribution is -2.40. The molecule has 40 heavy (non-hydrogen) atoms. The molecule has 1 saturated carbocycles. The highest BCUT2D eigenvalue weighted by Crippen LogP contribution is 2.34. The van der Waals surface area contributed by atoms with Gasteiger partial charge in [0.05, 0.1) is 22.5 Å². The van der Waals surface area contributed by atoms with E-state index in [1.54, 1.807) is 6.07 Å². The van der Waals surface area contributed by atoms with E-state index in [2.05, 4.69) is 25.7 Å². The summed E-state index contributed by atoms with van der Waals surface area (Å²) in [5.41, 5.74) is 0.368. The van der Waals surface area contributed by atoms with E-state index in [1.165, 1.54) is 55.0 Å². The molecule has 0 saturated heterocycles. The largest absolute Gasteiger partial charge is 0.376 e. The average molecular weight is 603 g/mol. The van der Waals surface area contributed by atoms with E-state index in [1.807, 2.05) is 6.92 Å². The first-order valence-electron chi connectivity index (χ1n) is 12.4. The van der Waals surface area contributed by atoms with Gasteiger partial charge in [0.2, 0.25) is 5.91 Å². The Morgan fingerprint density at radius 3 is 2.60 bits per heavy atom. The van der Waals surface area contributed by atoms with Crippen LogP contribution in [0.1, 0.15) is 36.5 Å². The zero-order chi connectivity index (χ0) is 28.4. The molecule has 1 aliphatic heterocycles. The molecule has 3 heterocycles. The average Bonchev–Trinajstić information content (AvgIpc) is 3.68. The predicted molar refractivity (Wildman–Crippen MR) is 151 cm³/mol. The Morgan fingerprint density at radius 2 is 1.90 bits per heavy atom. The Morgan fingerprint density at radius 1 is 1.12 bits per heavy atom. The molecule has 2 amide bonds. The number of rotatable bonds is 8. The number of aromatic nitrogens is 2. The highest BCUT2D eigenvalue weighted by atomic mass is 35.5. The van der Waals surface area contributed by atoms with Gasteiger partial charge in [-0.3, -0.25) is 14.6 Å². The van der Waals surface area contributed by atoms with E-state index in [-0.39, 0.29) is 40.3 Å². The fourth-order valence-corrected chi connectivity index (χ4v) is 5.56. The quantitative estimate of drug-likeness (QED) is 0.364. The summed E-state index contributed by atoms with van der Waals surface area (Å²) in [7, 11) is -4.41. The van der Waals surface area contributed by atoms with Gasteiger partial charge in [-0.15, -0.1) is 0 Å². The molecular weight excluding hydrogens is 579 g/mol. The number of pyridine rings is 2. The fraction of sp³-hybridized carbons (Fsp3) is 0.269. The molecule has 1 aliphatic carbocycles. The molecule has 0 bridgehead atoms. The van der Waals surface area contributed by atoms with Gasteiger partial charge in [-0.05, 0) is 68.1 Å². The smallest absolute Gasteiger partial charge is 0.354 e. The standard InChI is InChI=1S/C26H24Cl2N6O5S/c1-15(16-6-7-16)31-25(35)19-12-17(27)8-9-21(19)32-26(36)22-13-23(33-34(22)24-20(28)5-3-11-30-24)40(37,38)39-18-4-2-10-29-14-18/h2-5,8-12,14-16,22H,6-7,13H2,1H3,(H,31,35)(H,32,36). The number of nitrogens with one attached hydrogen (secondary N) is 2. The number of anilines is 2. The third-order valence-electron chi connectivity index (χ3n) is 6.44. The van der Waals surface area contributed by atoms with Crippen LogP contribution in [0.2, 0.25) is 10.0 Å². The number of hydrogen-bond acceptors (Lipinski definition) is 9. The number of hydrogen-bond donors (Lipinski definition) is 2. The number of carbonyl (C=O) groups excluding carboxylic acids is 2. The molecule has 0 spiro atoms. The molecule has 5 rings (SSSR count). The van der Waals surface area contributed by atoms with Crippen LogP contribution >= 0.6 is 23.2 Å². The Labute approximate surface area is 240 Å². The first-order valence-corrected chi connectivity index (χ1v) is 14.5. The molecule has 0 radical (unpaired) electrons. The zero-order valence-electron chi connectivity index (χ0n) is 21.1. The molecule has 14 heteroatoms. The first kappa shape index (κ1) is 27.8. The van der Waals surface area contributed by atoms with Gasteiger partial charge in [-0.2, -0.15) is 13.5 Å². The van der Waals surface area contributed by atoms with Gasteiger partial charge >= 0.3 is 10.1 Å².